The quantitative estimate of drug-likeness (QED) is 0.694. The summed E-state index contributed by atoms with van der Waals surface area (Å²) in [7, 11) is 4.53. The predicted octanol–water partition coefficient (Wildman–Crippen LogP) is 3.66. The van der Waals surface area contributed by atoms with Crippen molar-refractivity contribution in [3.05, 3.63) is 53.7 Å². The lowest BCUT2D eigenvalue weighted by atomic mass is 10.1. The van der Waals surface area contributed by atoms with E-state index in [2.05, 4.69) is 15.5 Å². The summed E-state index contributed by atoms with van der Waals surface area (Å²) in [5.74, 6) is 0.945. The van der Waals surface area contributed by atoms with Crippen molar-refractivity contribution >= 4 is 11.6 Å². The van der Waals surface area contributed by atoms with Gasteiger partial charge in [0.25, 0.3) is 5.91 Å². The fourth-order valence-electron chi connectivity index (χ4n) is 2.78. The number of aryl methyl sites for hydroxylation is 1. The van der Waals surface area contributed by atoms with Crippen LogP contribution in [0.5, 0.6) is 17.2 Å². The average molecular weight is 367 g/mol. The molecule has 2 aromatic carbocycles. The first-order valence-corrected chi connectivity index (χ1v) is 8.30. The highest BCUT2D eigenvalue weighted by molar-refractivity contribution is 6.07. The third-order valence-corrected chi connectivity index (χ3v) is 4.16. The van der Waals surface area contributed by atoms with E-state index in [4.69, 9.17) is 14.2 Å². The molecule has 7 heteroatoms. The highest BCUT2D eigenvalue weighted by Crippen LogP contribution is 2.38. The lowest BCUT2D eigenvalue weighted by Crippen LogP contribution is -2.13. The number of benzene rings is 2. The van der Waals surface area contributed by atoms with Gasteiger partial charge >= 0.3 is 0 Å². The lowest BCUT2D eigenvalue weighted by Gasteiger charge is -2.14. The van der Waals surface area contributed by atoms with Gasteiger partial charge in [-0.1, -0.05) is 30.3 Å². The summed E-state index contributed by atoms with van der Waals surface area (Å²) < 4.78 is 15.9. The third kappa shape index (κ3) is 3.57. The van der Waals surface area contributed by atoms with Gasteiger partial charge < -0.3 is 19.5 Å². The molecule has 0 radical (unpaired) electrons. The number of carbonyl (C=O) groups excluding carboxylic acids is 1. The van der Waals surface area contributed by atoms with Gasteiger partial charge in [-0.15, -0.1) is 0 Å². The van der Waals surface area contributed by atoms with Crippen LogP contribution >= 0.6 is 0 Å². The number of H-pyrrole nitrogens is 1. The average Bonchev–Trinajstić information content (AvgIpc) is 3.07. The number of ether oxygens (including phenoxy) is 3. The van der Waals surface area contributed by atoms with Gasteiger partial charge in [0.15, 0.2) is 11.5 Å². The highest BCUT2D eigenvalue weighted by atomic mass is 16.5. The molecule has 140 valence electrons. The number of aromatic amines is 1. The minimum absolute atomic E-state index is 0.309. The molecule has 0 aliphatic carbocycles. The number of carbonyl (C=O) groups is 1. The third-order valence-electron chi connectivity index (χ3n) is 4.16. The van der Waals surface area contributed by atoms with Crippen LogP contribution in [0.25, 0.3) is 11.3 Å². The van der Waals surface area contributed by atoms with Crippen molar-refractivity contribution < 1.29 is 19.0 Å². The first-order valence-electron chi connectivity index (χ1n) is 8.30. The van der Waals surface area contributed by atoms with Crippen LogP contribution in [-0.4, -0.2) is 37.4 Å². The molecule has 3 rings (SSSR count). The van der Waals surface area contributed by atoms with E-state index < -0.39 is 0 Å². The minimum atomic E-state index is -0.309. The van der Waals surface area contributed by atoms with Gasteiger partial charge in [0, 0.05) is 11.1 Å². The smallest absolute Gasteiger partial charge is 0.256 e. The Balaban J connectivity index is 1.96. The van der Waals surface area contributed by atoms with E-state index in [0.717, 1.165) is 11.3 Å². The van der Waals surface area contributed by atoms with Crippen LogP contribution < -0.4 is 19.5 Å². The summed E-state index contributed by atoms with van der Waals surface area (Å²) in [6, 6.07) is 12.9. The Labute approximate surface area is 157 Å². The molecule has 2 N–H and O–H groups in total. The van der Waals surface area contributed by atoms with Gasteiger partial charge in [-0.05, 0) is 19.1 Å². The van der Waals surface area contributed by atoms with E-state index in [9.17, 15) is 4.79 Å². The largest absolute Gasteiger partial charge is 0.493 e. The van der Waals surface area contributed by atoms with Gasteiger partial charge in [0.05, 0.1) is 32.7 Å². The Morgan fingerprint density at radius 3 is 2.19 bits per heavy atom. The molecule has 7 nitrogen and oxygen atoms in total. The second-order valence-electron chi connectivity index (χ2n) is 5.81. The molecule has 1 aromatic heterocycles. The first-order chi connectivity index (χ1) is 13.1. The Morgan fingerprint density at radius 1 is 1.00 bits per heavy atom. The second kappa shape index (κ2) is 7.82. The molecule has 0 saturated heterocycles. The van der Waals surface area contributed by atoms with Crippen molar-refractivity contribution in [1.29, 1.82) is 0 Å². The molecular weight excluding hydrogens is 346 g/mol. The van der Waals surface area contributed by atoms with Crippen LogP contribution in [0.1, 0.15) is 16.1 Å². The number of hydrogen-bond donors (Lipinski definition) is 2. The van der Waals surface area contributed by atoms with Gasteiger partial charge in [-0.25, -0.2) is 0 Å². The first kappa shape index (κ1) is 18.3. The minimum Gasteiger partial charge on any atom is -0.493 e. The number of nitrogens with one attached hydrogen (secondary N) is 2. The van der Waals surface area contributed by atoms with E-state index in [1.807, 2.05) is 37.3 Å². The Morgan fingerprint density at radius 2 is 1.63 bits per heavy atom. The van der Waals surface area contributed by atoms with Gasteiger partial charge in [0.1, 0.15) is 5.69 Å². The molecule has 0 spiro atoms. The van der Waals surface area contributed by atoms with E-state index >= 15 is 0 Å². The van der Waals surface area contributed by atoms with E-state index in [0.29, 0.717) is 34.2 Å². The number of aromatic nitrogens is 2. The molecule has 0 saturated carbocycles. The van der Waals surface area contributed by atoms with Crippen LogP contribution in [0, 0.1) is 6.92 Å². The molecule has 1 amide bonds. The second-order valence-corrected chi connectivity index (χ2v) is 5.81. The fraction of sp³-hybridized carbons (Fsp3) is 0.200. The summed E-state index contributed by atoms with van der Waals surface area (Å²) >= 11 is 0. The van der Waals surface area contributed by atoms with Gasteiger partial charge in [0.2, 0.25) is 5.75 Å². The standard InChI is InChI=1S/C20H21N3O4/c1-12-17(18(23-22-12)13-8-6-5-7-9-13)21-20(24)14-10-15(25-2)19(27-4)16(11-14)26-3/h5-11H,1-4H3,(H,21,24)(H,22,23). The van der Waals surface area contributed by atoms with Crippen LogP contribution in [0.4, 0.5) is 5.69 Å². The molecule has 0 atom stereocenters. The summed E-state index contributed by atoms with van der Waals surface area (Å²) in [5, 5.41) is 10.2. The monoisotopic (exact) mass is 367 g/mol. The maximum atomic E-state index is 12.9. The zero-order valence-electron chi connectivity index (χ0n) is 15.6. The van der Waals surface area contributed by atoms with Crippen molar-refractivity contribution in [3.8, 4) is 28.5 Å². The number of anilines is 1. The summed E-state index contributed by atoms with van der Waals surface area (Å²) in [4.78, 5) is 12.9. The Kier molecular flexibility index (Phi) is 5.30. The van der Waals surface area contributed by atoms with Crippen molar-refractivity contribution in [2.75, 3.05) is 26.6 Å². The summed E-state index contributed by atoms with van der Waals surface area (Å²) in [6.07, 6.45) is 0. The van der Waals surface area contributed by atoms with Gasteiger partial charge in [-0.2, -0.15) is 5.10 Å². The molecule has 27 heavy (non-hydrogen) atoms. The maximum absolute atomic E-state index is 12.9. The maximum Gasteiger partial charge on any atom is 0.256 e. The van der Waals surface area contributed by atoms with Crippen LogP contribution in [0.15, 0.2) is 42.5 Å². The Hall–Kier alpha value is -3.48. The molecular formula is C20H21N3O4. The number of methoxy groups -OCH3 is 3. The molecule has 0 unspecified atom stereocenters. The molecule has 1 heterocycles. The zero-order valence-corrected chi connectivity index (χ0v) is 15.6. The molecule has 0 aliphatic rings. The molecule has 0 aliphatic heterocycles. The van der Waals surface area contributed by atoms with Gasteiger partial charge in [-0.3, -0.25) is 9.89 Å². The fourth-order valence-corrected chi connectivity index (χ4v) is 2.78. The molecule has 3 aromatic rings. The van der Waals surface area contributed by atoms with Crippen molar-refractivity contribution in [2.24, 2.45) is 0 Å². The number of nitrogens with zero attached hydrogens (tertiary/aromatic N) is 1. The molecule has 0 fully saturated rings. The SMILES string of the molecule is COc1cc(C(=O)Nc2c(-c3ccccc3)n[nH]c2C)cc(OC)c1OC. The topological polar surface area (TPSA) is 85.5 Å². The summed E-state index contributed by atoms with van der Waals surface area (Å²) in [6.45, 7) is 1.85. The molecule has 0 bridgehead atoms. The number of hydrogen-bond acceptors (Lipinski definition) is 5. The van der Waals surface area contributed by atoms with Crippen molar-refractivity contribution in [2.45, 2.75) is 6.92 Å². The normalized spacial score (nSPS) is 10.4. The summed E-state index contributed by atoms with van der Waals surface area (Å²) in [5.41, 5.74) is 3.34. The van der Waals surface area contributed by atoms with E-state index in [1.165, 1.54) is 21.3 Å². The predicted molar refractivity (Wildman–Crippen MR) is 103 cm³/mol. The Bertz CT molecular complexity index is 926. The van der Waals surface area contributed by atoms with Crippen LogP contribution in [0.3, 0.4) is 0 Å². The highest BCUT2D eigenvalue weighted by Gasteiger charge is 2.20. The van der Waals surface area contributed by atoms with Crippen LogP contribution in [-0.2, 0) is 0 Å². The number of amides is 1. The van der Waals surface area contributed by atoms with Crippen molar-refractivity contribution in [3.63, 3.8) is 0 Å². The lowest BCUT2D eigenvalue weighted by molar-refractivity contribution is 0.102. The van der Waals surface area contributed by atoms with Crippen molar-refractivity contribution in [1.82, 2.24) is 10.2 Å². The zero-order chi connectivity index (χ0) is 19.4. The van der Waals surface area contributed by atoms with E-state index in [1.54, 1.807) is 12.1 Å². The van der Waals surface area contributed by atoms with E-state index in [-0.39, 0.29) is 5.91 Å². The van der Waals surface area contributed by atoms with Crippen LogP contribution in [0.2, 0.25) is 0 Å². The number of rotatable bonds is 6.